The number of amides is 1. The predicted octanol–water partition coefficient (Wildman–Crippen LogP) is 5.05. The van der Waals surface area contributed by atoms with Crippen molar-refractivity contribution in [2.45, 2.75) is 59.0 Å². The Bertz CT molecular complexity index is 950. The van der Waals surface area contributed by atoms with Crippen LogP contribution in [0, 0.1) is 25.6 Å². The van der Waals surface area contributed by atoms with E-state index in [9.17, 15) is 14.0 Å². The lowest BCUT2D eigenvalue weighted by Gasteiger charge is -2.35. The van der Waals surface area contributed by atoms with E-state index in [0.717, 1.165) is 31.2 Å². The third kappa shape index (κ3) is 3.93. The minimum absolute atomic E-state index is 0.117. The summed E-state index contributed by atoms with van der Waals surface area (Å²) in [4.78, 5) is 25.8. The summed E-state index contributed by atoms with van der Waals surface area (Å²) in [5.41, 5.74) is 2.49. The van der Waals surface area contributed by atoms with Crippen molar-refractivity contribution < 1.29 is 9.18 Å². The Morgan fingerprint density at radius 2 is 2.07 bits per heavy atom. The summed E-state index contributed by atoms with van der Waals surface area (Å²) in [6.45, 7) is 6.14. The van der Waals surface area contributed by atoms with Gasteiger partial charge in [-0.05, 0) is 78.2 Å². The molecule has 4 nitrogen and oxygen atoms in total. The second-order valence-electron chi connectivity index (χ2n) is 7.55. The molecule has 1 fully saturated rings. The second kappa shape index (κ2) is 8.60. The van der Waals surface area contributed by atoms with E-state index >= 15 is 0 Å². The Morgan fingerprint density at radius 1 is 1.36 bits per heavy atom. The van der Waals surface area contributed by atoms with Crippen LogP contribution in [0.25, 0.3) is 0 Å². The molecule has 1 N–H and O–H groups in total. The van der Waals surface area contributed by atoms with Gasteiger partial charge in [0.05, 0.1) is 16.1 Å². The van der Waals surface area contributed by atoms with Gasteiger partial charge >= 0.3 is 0 Å². The van der Waals surface area contributed by atoms with Gasteiger partial charge in [0.1, 0.15) is 5.82 Å². The van der Waals surface area contributed by atoms with E-state index in [1.54, 1.807) is 17.6 Å². The second-order valence-corrected chi connectivity index (χ2v) is 8.35. The Morgan fingerprint density at radius 3 is 2.64 bits per heavy atom. The van der Waals surface area contributed by atoms with Gasteiger partial charge in [-0.1, -0.05) is 25.5 Å². The number of carbonyl (C=O) groups is 1. The first-order valence-corrected chi connectivity index (χ1v) is 10.6. The molecule has 0 aliphatic heterocycles. The van der Waals surface area contributed by atoms with E-state index in [-0.39, 0.29) is 23.3 Å². The largest absolute Gasteiger partial charge is 0.345 e. The molecular formula is C22H26BrFN2O2. The normalized spacial score (nSPS) is 15.2. The Hall–Kier alpha value is -1.95. The van der Waals surface area contributed by atoms with Crippen molar-refractivity contribution in [3.05, 3.63) is 67.3 Å². The highest BCUT2D eigenvalue weighted by molar-refractivity contribution is 9.10. The van der Waals surface area contributed by atoms with Gasteiger partial charge in [0.25, 0.3) is 11.5 Å². The lowest BCUT2D eigenvalue weighted by Crippen LogP contribution is -2.38. The number of halogens is 2. The van der Waals surface area contributed by atoms with Crippen LogP contribution in [0.2, 0.25) is 0 Å². The molecule has 6 heteroatoms. The van der Waals surface area contributed by atoms with E-state index in [2.05, 4.69) is 21.2 Å². The summed E-state index contributed by atoms with van der Waals surface area (Å²) in [5.74, 6) is -0.222. The number of pyridine rings is 1. The molecule has 3 rings (SSSR count). The predicted molar refractivity (Wildman–Crippen MR) is 112 cm³/mol. The maximum Gasteiger partial charge on any atom is 0.265 e. The van der Waals surface area contributed by atoms with Crippen LogP contribution in [0.3, 0.4) is 0 Å². The summed E-state index contributed by atoms with van der Waals surface area (Å²) in [7, 11) is 0. The third-order valence-corrected chi connectivity index (χ3v) is 6.63. The molecule has 2 aromatic rings. The molecule has 1 aromatic carbocycles. The first-order chi connectivity index (χ1) is 13.3. The molecule has 1 atom stereocenters. The van der Waals surface area contributed by atoms with E-state index in [1.807, 2.05) is 19.9 Å². The van der Waals surface area contributed by atoms with Crippen LogP contribution in [-0.2, 0) is 6.54 Å². The number of rotatable bonds is 6. The molecule has 1 amide bonds. The van der Waals surface area contributed by atoms with E-state index in [4.69, 9.17) is 0 Å². The quantitative estimate of drug-likeness (QED) is 0.671. The zero-order valence-electron chi connectivity index (χ0n) is 16.5. The Balaban J connectivity index is 2.00. The number of nitrogens with zero attached hydrogens (tertiary/aromatic N) is 1. The number of carbonyl (C=O) groups excluding carboxylic acids is 1. The molecule has 0 unspecified atom stereocenters. The molecule has 1 aliphatic rings. The average Bonchev–Trinajstić information content (AvgIpc) is 2.61. The number of benzene rings is 1. The maximum atomic E-state index is 13.8. The minimum atomic E-state index is -0.303. The monoisotopic (exact) mass is 448 g/mol. The number of aromatic nitrogens is 1. The lowest BCUT2D eigenvalue weighted by molar-refractivity contribution is 0.0898. The molecule has 1 aliphatic carbocycles. The van der Waals surface area contributed by atoms with Crippen LogP contribution in [0.4, 0.5) is 4.39 Å². The molecule has 0 saturated heterocycles. The Kier molecular flexibility index (Phi) is 6.38. The summed E-state index contributed by atoms with van der Waals surface area (Å²) >= 11 is 3.36. The molecule has 0 radical (unpaired) electrons. The van der Waals surface area contributed by atoms with Gasteiger partial charge in [-0.25, -0.2) is 4.39 Å². The molecular weight excluding hydrogens is 423 g/mol. The summed E-state index contributed by atoms with van der Waals surface area (Å²) in [6.07, 6.45) is 3.94. The van der Waals surface area contributed by atoms with E-state index < -0.39 is 0 Å². The van der Waals surface area contributed by atoms with Crippen LogP contribution in [-0.4, -0.2) is 10.5 Å². The first-order valence-electron chi connectivity index (χ1n) is 9.81. The van der Waals surface area contributed by atoms with Crippen molar-refractivity contribution >= 4 is 21.8 Å². The summed E-state index contributed by atoms with van der Waals surface area (Å²) in [5, 5.41) is 3.13. The first kappa shape index (κ1) is 20.8. The van der Waals surface area contributed by atoms with Crippen molar-refractivity contribution in [2.75, 3.05) is 0 Å². The molecule has 28 heavy (non-hydrogen) atoms. The highest BCUT2D eigenvalue weighted by Gasteiger charge is 2.31. The number of hydrogen-bond acceptors (Lipinski definition) is 2. The van der Waals surface area contributed by atoms with Crippen LogP contribution in [0.5, 0.6) is 0 Å². The van der Waals surface area contributed by atoms with Gasteiger partial charge in [-0.15, -0.1) is 0 Å². The molecule has 1 heterocycles. The highest BCUT2D eigenvalue weighted by Crippen LogP contribution is 2.38. The van der Waals surface area contributed by atoms with Crippen LogP contribution >= 0.6 is 15.9 Å². The van der Waals surface area contributed by atoms with Gasteiger partial charge in [-0.3, -0.25) is 9.59 Å². The lowest BCUT2D eigenvalue weighted by atomic mass is 9.77. The Labute approximate surface area is 173 Å². The molecule has 1 aromatic heterocycles. The summed E-state index contributed by atoms with van der Waals surface area (Å²) < 4.78 is 15.8. The smallest absolute Gasteiger partial charge is 0.265 e. The summed E-state index contributed by atoms with van der Waals surface area (Å²) in [6, 6.07) is 6.21. The van der Waals surface area contributed by atoms with E-state index in [1.165, 1.54) is 12.1 Å². The average molecular weight is 449 g/mol. The third-order valence-electron chi connectivity index (χ3n) is 5.69. The molecule has 1 saturated carbocycles. The van der Waals surface area contributed by atoms with Crippen molar-refractivity contribution in [3.8, 4) is 0 Å². The SMILES string of the molecule is CCCn1c(C)c(C(=O)N[C@H](c2cccc(F)c2)C2CCC2)c(C)c(Br)c1=O. The molecule has 0 bridgehead atoms. The molecule has 0 spiro atoms. The fourth-order valence-corrected chi connectivity index (χ4v) is 4.35. The highest BCUT2D eigenvalue weighted by atomic mass is 79.9. The number of nitrogens with one attached hydrogen (secondary N) is 1. The fourth-order valence-electron chi connectivity index (χ4n) is 3.93. The minimum Gasteiger partial charge on any atom is -0.345 e. The number of hydrogen-bond donors (Lipinski definition) is 1. The van der Waals surface area contributed by atoms with Crippen molar-refractivity contribution in [2.24, 2.45) is 5.92 Å². The van der Waals surface area contributed by atoms with Gasteiger partial charge in [-0.2, -0.15) is 0 Å². The fraction of sp³-hybridized carbons (Fsp3) is 0.455. The van der Waals surface area contributed by atoms with Crippen LogP contribution < -0.4 is 10.9 Å². The zero-order valence-corrected chi connectivity index (χ0v) is 18.1. The van der Waals surface area contributed by atoms with Gasteiger partial charge < -0.3 is 9.88 Å². The molecule has 150 valence electrons. The van der Waals surface area contributed by atoms with Crippen molar-refractivity contribution in [3.63, 3.8) is 0 Å². The zero-order chi connectivity index (χ0) is 20.4. The standard InChI is InChI=1S/C22H26BrFN2O2/c1-4-11-26-14(3)18(13(2)19(23)22(26)28)21(27)25-20(15-7-5-8-15)16-9-6-10-17(24)12-16/h6,9-10,12,15,20H,4-5,7-8,11H2,1-3H3,(H,25,27)/t20-/m0/s1. The van der Waals surface area contributed by atoms with Crippen LogP contribution in [0.15, 0.2) is 33.5 Å². The van der Waals surface area contributed by atoms with Crippen LogP contribution in [0.1, 0.15) is 65.8 Å². The maximum absolute atomic E-state index is 13.8. The van der Waals surface area contributed by atoms with Gasteiger partial charge in [0.2, 0.25) is 0 Å². The van der Waals surface area contributed by atoms with Crippen molar-refractivity contribution in [1.82, 2.24) is 9.88 Å². The van der Waals surface area contributed by atoms with E-state index in [0.29, 0.717) is 33.8 Å². The topological polar surface area (TPSA) is 51.1 Å². The van der Waals surface area contributed by atoms with Gasteiger partial charge in [0.15, 0.2) is 0 Å². The van der Waals surface area contributed by atoms with Crippen molar-refractivity contribution in [1.29, 1.82) is 0 Å². The van der Waals surface area contributed by atoms with Gasteiger partial charge in [0, 0.05) is 12.2 Å².